The second kappa shape index (κ2) is 9.09. The molecule has 1 atom stereocenters. The van der Waals surface area contributed by atoms with Gasteiger partial charge < -0.3 is 14.8 Å². The Morgan fingerprint density at radius 1 is 1.18 bits per heavy atom. The minimum absolute atomic E-state index is 0.158. The van der Waals surface area contributed by atoms with Gasteiger partial charge in [-0.15, -0.1) is 6.42 Å². The summed E-state index contributed by atoms with van der Waals surface area (Å²) in [5, 5.41) is 3.10. The maximum Gasteiger partial charge on any atom is 0.337 e. The molecule has 0 saturated carbocycles. The molecule has 1 aromatic carbocycles. The molecule has 5 heteroatoms. The molecule has 0 bridgehead atoms. The van der Waals surface area contributed by atoms with E-state index in [-0.39, 0.29) is 6.61 Å². The summed E-state index contributed by atoms with van der Waals surface area (Å²) in [7, 11) is 1.32. The number of terminal acetylenes is 1. The summed E-state index contributed by atoms with van der Waals surface area (Å²) in [6.45, 7) is 7.57. The van der Waals surface area contributed by atoms with E-state index in [1.807, 2.05) is 26.0 Å². The van der Waals surface area contributed by atoms with Crippen LogP contribution in [0.2, 0.25) is 0 Å². The van der Waals surface area contributed by atoms with Crippen LogP contribution in [-0.4, -0.2) is 25.7 Å². The molecule has 0 aliphatic carbocycles. The summed E-state index contributed by atoms with van der Waals surface area (Å²) in [6, 6.07) is 7.23. The van der Waals surface area contributed by atoms with Crippen molar-refractivity contribution in [1.82, 2.24) is 5.32 Å². The third kappa shape index (κ3) is 4.52. The van der Waals surface area contributed by atoms with E-state index >= 15 is 0 Å². The van der Waals surface area contributed by atoms with Gasteiger partial charge in [0.05, 0.1) is 24.2 Å². The van der Waals surface area contributed by atoms with Crippen molar-refractivity contribution in [1.29, 1.82) is 0 Å². The zero-order chi connectivity index (χ0) is 20.8. The molecule has 1 aliphatic heterocycles. The maximum atomic E-state index is 12.9. The fourth-order valence-corrected chi connectivity index (χ4v) is 3.15. The van der Waals surface area contributed by atoms with Gasteiger partial charge >= 0.3 is 11.9 Å². The Kier molecular flexibility index (Phi) is 6.84. The molecular formula is C23H25NO4. The monoisotopic (exact) mass is 379 g/mol. The number of nitrogens with one attached hydrogen (secondary N) is 1. The second-order valence-electron chi connectivity index (χ2n) is 6.78. The summed E-state index contributed by atoms with van der Waals surface area (Å²) in [5.74, 6) is 0.948. The van der Waals surface area contributed by atoms with E-state index in [9.17, 15) is 9.59 Å². The Balaban J connectivity index is 2.58. The first-order valence-electron chi connectivity index (χ1n) is 8.94. The Morgan fingerprint density at radius 3 is 2.39 bits per heavy atom. The van der Waals surface area contributed by atoms with Gasteiger partial charge in [0, 0.05) is 17.0 Å². The van der Waals surface area contributed by atoms with E-state index < -0.39 is 17.9 Å². The Hall–Kier alpha value is -3.26. The van der Waals surface area contributed by atoms with E-state index in [4.69, 9.17) is 15.9 Å². The van der Waals surface area contributed by atoms with Gasteiger partial charge in [0.25, 0.3) is 0 Å². The molecule has 5 nitrogen and oxygen atoms in total. The number of methoxy groups -OCH3 is 1. The normalized spacial score (nSPS) is 16.1. The first kappa shape index (κ1) is 21.0. The average molecular weight is 379 g/mol. The minimum Gasteiger partial charge on any atom is -0.466 e. The zero-order valence-corrected chi connectivity index (χ0v) is 16.9. The van der Waals surface area contributed by atoms with Gasteiger partial charge in [0.2, 0.25) is 0 Å². The molecule has 146 valence electrons. The summed E-state index contributed by atoms with van der Waals surface area (Å²) in [6.07, 6.45) is 7.36. The number of carbonyl (C=O) groups excluding carboxylic acids is 2. The molecule has 0 saturated heterocycles. The molecule has 0 fully saturated rings. The first-order chi connectivity index (χ1) is 13.3. The van der Waals surface area contributed by atoms with Gasteiger partial charge in [0.1, 0.15) is 6.61 Å². The number of hydrogen-bond acceptors (Lipinski definition) is 5. The van der Waals surface area contributed by atoms with Crippen LogP contribution in [-0.2, 0) is 19.1 Å². The lowest BCUT2D eigenvalue weighted by molar-refractivity contribution is -0.138. The van der Waals surface area contributed by atoms with Crippen molar-refractivity contribution in [3.05, 3.63) is 69.6 Å². The standard InChI is InChI=1S/C23H25NO4/c1-7-17-9-8-10-18(13-17)21-19(22(25)27-6)15(4)24-16(5)20(21)23(26)28-12-11-14(2)3/h1,8-11,13,21,24H,12H2,2-6H3. The molecule has 0 radical (unpaired) electrons. The summed E-state index contributed by atoms with van der Waals surface area (Å²) < 4.78 is 10.4. The number of hydrogen-bond donors (Lipinski definition) is 1. The Morgan fingerprint density at radius 2 is 1.82 bits per heavy atom. The van der Waals surface area contributed by atoms with E-state index in [0.29, 0.717) is 28.1 Å². The highest BCUT2D eigenvalue weighted by atomic mass is 16.5. The summed E-state index contributed by atoms with van der Waals surface area (Å²) in [4.78, 5) is 25.5. The molecule has 0 aromatic heterocycles. The van der Waals surface area contributed by atoms with Gasteiger partial charge in [-0.05, 0) is 51.5 Å². The van der Waals surface area contributed by atoms with Gasteiger partial charge in [-0.3, -0.25) is 0 Å². The average Bonchev–Trinajstić information content (AvgIpc) is 2.66. The molecule has 1 aliphatic rings. The lowest BCUT2D eigenvalue weighted by Crippen LogP contribution is -2.32. The van der Waals surface area contributed by atoms with E-state index in [0.717, 1.165) is 11.1 Å². The number of carbonyl (C=O) groups is 2. The van der Waals surface area contributed by atoms with Crippen LogP contribution in [0.4, 0.5) is 0 Å². The van der Waals surface area contributed by atoms with Gasteiger partial charge in [-0.25, -0.2) is 9.59 Å². The predicted molar refractivity (Wildman–Crippen MR) is 108 cm³/mol. The van der Waals surface area contributed by atoms with Crippen LogP contribution in [0.1, 0.15) is 44.7 Å². The second-order valence-corrected chi connectivity index (χ2v) is 6.78. The van der Waals surface area contributed by atoms with Gasteiger partial charge in [-0.2, -0.15) is 0 Å². The van der Waals surface area contributed by atoms with Crippen LogP contribution in [0.15, 0.2) is 58.5 Å². The van der Waals surface area contributed by atoms with E-state index in [1.165, 1.54) is 7.11 Å². The topological polar surface area (TPSA) is 64.6 Å². The van der Waals surface area contributed by atoms with Crippen LogP contribution in [0.25, 0.3) is 0 Å². The fraction of sp³-hybridized carbons (Fsp3) is 0.304. The highest BCUT2D eigenvalue weighted by Gasteiger charge is 2.37. The minimum atomic E-state index is -0.638. The number of dihydropyridines is 1. The molecule has 2 rings (SSSR count). The molecule has 28 heavy (non-hydrogen) atoms. The van der Waals surface area contributed by atoms with E-state index in [1.54, 1.807) is 32.0 Å². The Labute approximate surface area is 166 Å². The quantitative estimate of drug-likeness (QED) is 0.481. The van der Waals surface area contributed by atoms with Crippen molar-refractivity contribution in [2.45, 2.75) is 33.6 Å². The van der Waals surface area contributed by atoms with Crippen molar-refractivity contribution in [3.8, 4) is 12.3 Å². The van der Waals surface area contributed by atoms with Crippen molar-refractivity contribution in [2.75, 3.05) is 13.7 Å². The van der Waals surface area contributed by atoms with Crippen molar-refractivity contribution < 1.29 is 19.1 Å². The van der Waals surface area contributed by atoms with E-state index in [2.05, 4.69) is 11.2 Å². The SMILES string of the molecule is C#Cc1cccc(C2C(C(=O)OC)=C(C)NC(C)=C2C(=O)OCC=C(C)C)c1. The van der Waals surface area contributed by atoms with Crippen molar-refractivity contribution in [3.63, 3.8) is 0 Å². The molecule has 1 unspecified atom stereocenters. The zero-order valence-electron chi connectivity index (χ0n) is 16.9. The first-order valence-corrected chi connectivity index (χ1v) is 8.94. The number of ether oxygens (including phenoxy) is 2. The lowest BCUT2D eigenvalue weighted by Gasteiger charge is -2.30. The van der Waals surface area contributed by atoms with Crippen molar-refractivity contribution in [2.24, 2.45) is 0 Å². The molecular weight excluding hydrogens is 354 g/mol. The number of esters is 2. The predicted octanol–water partition coefficient (Wildman–Crippen LogP) is 3.59. The third-order valence-electron chi connectivity index (χ3n) is 4.48. The number of benzene rings is 1. The molecule has 1 aromatic rings. The molecule has 1 heterocycles. The molecule has 0 spiro atoms. The molecule has 0 amide bonds. The van der Waals surface area contributed by atoms with Crippen LogP contribution in [0, 0.1) is 12.3 Å². The summed E-state index contributed by atoms with van der Waals surface area (Å²) in [5.41, 5.74) is 4.41. The number of allylic oxidation sites excluding steroid dienone is 3. The third-order valence-corrected chi connectivity index (χ3v) is 4.48. The van der Waals surface area contributed by atoms with Crippen molar-refractivity contribution >= 4 is 11.9 Å². The van der Waals surface area contributed by atoms with Crippen LogP contribution >= 0.6 is 0 Å². The van der Waals surface area contributed by atoms with Crippen LogP contribution < -0.4 is 5.32 Å². The largest absolute Gasteiger partial charge is 0.466 e. The smallest absolute Gasteiger partial charge is 0.337 e. The highest BCUT2D eigenvalue weighted by molar-refractivity contribution is 5.99. The molecule has 1 N–H and O–H groups in total. The van der Waals surface area contributed by atoms with Gasteiger partial charge in [0.15, 0.2) is 0 Å². The van der Waals surface area contributed by atoms with Gasteiger partial charge in [-0.1, -0.05) is 23.6 Å². The van der Waals surface area contributed by atoms with Crippen LogP contribution in [0.5, 0.6) is 0 Å². The Bertz CT molecular complexity index is 924. The maximum absolute atomic E-state index is 12.9. The lowest BCUT2D eigenvalue weighted by atomic mass is 9.80. The fourth-order valence-electron chi connectivity index (χ4n) is 3.15. The highest BCUT2D eigenvalue weighted by Crippen LogP contribution is 2.39. The van der Waals surface area contributed by atoms with Crippen LogP contribution in [0.3, 0.4) is 0 Å². The number of rotatable bonds is 5. The summed E-state index contributed by atoms with van der Waals surface area (Å²) >= 11 is 0.